The van der Waals surface area contributed by atoms with Gasteiger partial charge in [-0.2, -0.15) is 0 Å². The molecule has 1 amide bonds. The van der Waals surface area contributed by atoms with E-state index >= 15 is 0 Å². The summed E-state index contributed by atoms with van der Waals surface area (Å²) in [6.45, 7) is 4.44. The topological polar surface area (TPSA) is 58.2 Å². The number of nitrogens with zero attached hydrogens (tertiary/aromatic N) is 2. The van der Waals surface area contributed by atoms with Gasteiger partial charge in [-0.1, -0.05) is 0 Å². The van der Waals surface area contributed by atoms with Crippen molar-refractivity contribution in [2.75, 3.05) is 6.54 Å². The first-order valence-electron chi connectivity index (χ1n) is 6.05. The van der Waals surface area contributed by atoms with Gasteiger partial charge in [-0.15, -0.1) is 0 Å². The zero-order valence-corrected chi connectivity index (χ0v) is 11.1. The smallest absolute Gasteiger partial charge is 0.411 e. The number of carbonyl (C=O) groups is 1. The lowest BCUT2D eigenvalue weighted by molar-refractivity contribution is -0.00248. The maximum Gasteiger partial charge on any atom is 0.411 e. The molecular formula is C12H17F2N3O2. The third kappa shape index (κ3) is 3.21. The van der Waals surface area contributed by atoms with Crippen LogP contribution in [0.1, 0.15) is 39.1 Å². The summed E-state index contributed by atoms with van der Waals surface area (Å²) >= 11 is 0. The monoisotopic (exact) mass is 273 g/mol. The summed E-state index contributed by atoms with van der Waals surface area (Å²) in [6, 6.07) is -0.778. The summed E-state index contributed by atoms with van der Waals surface area (Å²) in [5.41, 5.74) is -0.720. The molecule has 0 aromatic carbocycles. The lowest BCUT2D eigenvalue weighted by atomic mass is 10.2. The number of aromatic nitrogens is 2. The number of amides is 1. The number of H-pyrrole nitrogens is 1. The van der Waals surface area contributed by atoms with Gasteiger partial charge in [0.15, 0.2) is 0 Å². The summed E-state index contributed by atoms with van der Waals surface area (Å²) < 4.78 is 32.2. The molecule has 1 aromatic heterocycles. The second-order valence-electron chi connectivity index (χ2n) is 5.66. The molecule has 1 fully saturated rings. The van der Waals surface area contributed by atoms with Gasteiger partial charge >= 0.3 is 6.09 Å². The molecule has 1 aliphatic rings. The van der Waals surface area contributed by atoms with Gasteiger partial charge in [-0.05, 0) is 20.8 Å². The molecule has 2 heterocycles. The minimum absolute atomic E-state index is 0.350. The maximum absolute atomic E-state index is 13.5. The van der Waals surface area contributed by atoms with Crippen molar-refractivity contribution in [3.8, 4) is 0 Å². The number of ether oxygens (including phenoxy) is 1. The largest absolute Gasteiger partial charge is 0.444 e. The van der Waals surface area contributed by atoms with Crippen LogP contribution >= 0.6 is 0 Å². The van der Waals surface area contributed by atoms with Crippen LogP contribution in [0.5, 0.6) is 0 Å². The van der Waals surface area contributed by atoms with E-state index in [0.29, 0.717) is 5.82 Å². The Morgan fingerprint density at radius 1 is 1.58 bits per heavy atom. The fourth-order valence-electron chi connectivity index (χ4n) is 2.03. The highest BCUT2D eigenvalue weighted by Gasteiger charge is 2.49. The Kier molecular flexibility index (Phi) is 3.24. The van der Waals surface area contributed by atoms with E-state index in [9.17, 15) is 13.6 Å². The zero-order valence-electron chi connectivity index (χ0n) is 11.1. The second kappa shape index (κ2) is 4.47. The molecule has 0 aliphatic carbocycles. The Morgan fingerprint density at radius 2 is 2.26 bits per heavy atom. The summed E-state index contributed by atoms with van der Waals surface area (Å²) in [5, 5.41) is 0. The van der Waals surface area contributed by atoms with E-state index in [-0.39, 0.29) is 0 Å². The number of imidazole rings is 1. The minimum Gasteiger partial charge on any atom is -0.444 e. The molecule has 1 N–H and O–H groups in total. The Morgan fingerprint density at radius 3 is 2.79 bits per heavy atom. The van der Waals surface area contributed by atoms with Crippen molar-refractivity contribution in [2.24, 2.45) is 0 Å². The Labute approximate surface area is 110 Å². The number of hydrogen-bond donors (Lipinski definition) is 1. The molecule has 0 radical (unpaired) electrons. The predicted molar refractivity (Wildman–Crippen MR) is 63.8 cm³/mol. The molecule has 106 valence electrons. The van der Waals surface area contributed by atoms with Crippen molar-refractivity contribution >= 4 is 6.09 Å². The van der Waals surface area contributed by atoms with E-state index in [1.165, 1.54) is 6.20 Å². The number of aromatic amines is 1. The van der Waals surface area contributed by atoms with Crippen LogP contribution in [0.15, 0.2) is 12.4 Å². The number of hydrogen-bond acceptors (Lipinski definition) is 3. The first kappa shape index (κ1) is 13.8. The fourth-order valence-corrected chi connectivity index (χ4v) is 2.03. The van der Waals surface area contributed by atoms with Gasteiger partial charge in [-0.3, -0.25) is 4.90 Å². The van der Waals surface area contributed by atoms with E-state index < -0.39 is 36.6 Å². The van der Waals surface area contributed by atoms with E-state index in [1.54, 1.807) is 27.0 Å². The van der Waals surface area contributed by atoms with E-state index in [2.05, 4.69) is 9.97 Å². The van der Waals surface area contributed by atoms with E-state index in [4.69, 9.17) is 4.74 Å². The predicted octanol–water partition coefficient (Wildman–Crippen LogP) is 2.73. The first-order valence-corrected chi connectivity index (χ1v) is 6.05. The van der Waals surface area contributed by atoms with Gasteiger partial charge in [0, 0.05) is 18.8 Å². The molecule has 0 spiro atoms. The fraction of sp³-hybridized carbons (Fsp3) is 0.667. The molecule has 2 rings (SSSR count). The molecule has 1 atom stereocenters. The molecular weight excluding hydrogens is 256 g/mol. The average Bonchev–Trinajstić information content (AvgIpc) is 2.81. The molecule has 0 saturated carbocycles. The van der Waals surface area contributed by atoms with Gasteiger partial charge in [0.25, 0.3) is 5.92 Å². The number of rotatable bonds is 1. The van der Waals surface area contributed by atoms with Crippen LogP contribution in [0.3, 0.4) is 0 Å². The lowest BCUT2D eigenvalue weighted by Crippen LogP contribution is -2.38. The number of halogens is 2. The van der Waals surface area contributed by atoms with Crippen molar-refractivity contribution in [3.05, 3.63) is 18.2 Å². The van der Waals surface area contributed by atoms with Gasteiger partial charge < -0.3 is 9.72 Å². The highest BCUT2D eigenvalue weighted by Crippen LogP contribution is 2.40. The zero-order chi connectivity index (χ0) is 14.3. The minimum atomic E-state index is -2.92. The molecule has 1 aliphatic heterocycles. The molecule has 1 unspecified atom stereocenters. The number of likely N-dealkylation sites (tertiary alicyclic amines) is 1. The Bertz CT molecular complexity index is 454. The number of alkyl halides is 2. The molecule has 5 nitrogen and oxygen atoms in total. The molecule has 0 bridgehead atoms. The summed E-state index contributed by atoms with van der Waals surface area (Å²) in [6.07, 6.45) is 1.82. The van der Waals surface area contributed by atoms with Crippen LogP contribution in [0.2, 0.25) is 0 Å². The first-order chi connectivity index (χ1) is 8.68. The lowest BCUT2D eigenvalue weighted by Gasteiger charge is -2.27. The third-order valence-electron chi connectivity index (χ3n) is 2.73. The van der Waals surface area contributed by atoms with Gasteiger partial charge in [0.2, 0.25) is 0 Å². The van der Waals surface area contributed by atoms with Crippen molar-refractivity contribution in [1.82, 2.24) is 14.9 Å². The maximum atomic E-state index is 13.5. The quantitative estimate of drug-likeness (QED) is 0.856. The highest BCUT2D eigenvalue weighted by atomic mass is 19.3. The van der Waals surface area contributed by atoms with Crippen molar-refractivity contribution in [1.29, 1.82) is 0 Å². The van der Waals surface area contributed by atoms with Crippen LogP contribution in [0.4, 0.5) is 13.6 Å². The van der Waals surface area contributed by atoms with Crippen LogP contribution in [-0.2, 0) is 4.74 Å². The number of nitrogens with one attached hydrogen (secondary N) is 1. The average molecular weight is 273 g/mol. The summed E-state index contributed by atoms with van der Waals surface area (Å²) in [5.74, 6) is -2.57. The van der Waals surface area contributed by atoms with Gasteiger partial charge in [0.1, 0.15) is 11.4 Å². The van der Waals surface area contributed by atoms with Gasteiger partial charge in [0.05, 0.1) is 12.6 Å². The number of carbonyl (C=O) groups excluding carboxylic acids is 1. The summed E-state index contributed by atoms with van der Waals surface area (Å²) in [4.78, 5) is 19.7. The van der Waals surface area contributed by atoms with Gasteiger partial charge in [-0.25, -0.2) is 18.6 Å². The molecule has 1 saturated heterocycles. The third-order valence-corrected chi connectivity index (χ3v) is 2.73. The van der Waals surface area contributed by atoms with Crippen molar-refractivity contribution < 1.29 is 18.3 Å². The second-order valence-corrected chi connectivity index (χ2v) is 5.66. The standard InChI is InChI=1S/C12H17F2N3O2/c1-11(2,3)19-10(18)17-7-12(13,14)6-8(17)9-15-4-5-16-9/h4-5,8H,6-7H2,1-3H3,(H,15,16). The van der Waals surface area contributed by atoms with E-state index in [0.717, 1.165) is 4.90 Å². The van der Waals surface area contributed by atoms with Crippen LogP contribution in [0.25, 0.3) is 0 Å². The van der Waals surface area contributed by atoms with Crippen LogP contribution in [0, 0.1) is 0 Å². The molecule has 19 heavy (non-hydrogen) atoms. The van der Waals surface area contributed by atoms with Crippen molar-refractivity contribution in [3.63, 3.8) is 0 Å². The van der Waals surface area contributed by atoms with Crippen LogP contribution in [-0.4, -0.2) is 39.0 Å². The molecule has 7 heteroatoms. The van der Waals surface area contributed by atoms with E-state index in [1.807, 2.05) is 0 Å². The SMILES string of the molecule is CC(C)(C)OC(=O)N1CC(F)(F)CC1c1ncc[nH]1. The van der Waals surface area contributed by atoms with Crippen molar-refractivity contribution in [2.45, 2.75) is 44.8 Å². The normalized spacial score (nSPS) is 22.6. The summed E-state index contributed by atoms with van der Waals surface area (Å²) in [7, 11) is 0. The van der Waals surface area contributed by atoms with Crippen LogP contribution < -0.4 is 0 Å². The molecule has 1 aromatic rings. The Balaban J connectivity index is 2.19. The Hall–Kier alpha value is -1.66. The highest BCUT2D eigenvalue weighted by molar-refractivity contribution is 5.69.